The number of methoxy groups -OCH3 is 1. The first-order chi connectivity index (χ1) is 13.1. The summed E-state index contributed by atoms with van der Waals surface area (Å²) in [5, 5.41) is 11.7. The third kappa shape index (κ3) is 4.51. The Morgan fingerprint density at radius 3 is 2.81 bits per heavy atom. The number of hydrogen-bond acceptors (Lipinski definition) is 6. The largest absolute Gasteiger partial charge is 0.378 e. The normalized spacial score (nSPS) is 13.4. The van der Waals surface area contributed by atoms with E-state index >= 15 is 0 Å². The maximum absolute atomic E-state index is 12.6. The second kappa shape index (κ2) is 8.47. The lowest BCUT2D eigenvalue weighted by Crippen LogP contribution is -2.34. The van der Waals surface area contributed by atoms with E-state index in [9.17, 15) is 9.59 Å². The predicted octanol–water partition coefficient (Wildman–Crippen LogP) is 1.50. The monoisotopic (exact) mass is 367 g/mol. The zero-order chi connectivity index (χ0) is 19.2. The first-order valence-corrected chi connectivity index (χ1v) is 8.75. The molecule has 0 atom stereocenters. The molecule has 1 aromatic heterocycles. The van der Waals surface area contributed by atoms with Gasteiger partial charge in [0.2, 0.25) is 11.9 Å². The Kier molecular flexibility index (Phi) is 5.84. The molecule has 8 heteroatoms. The van der Waals surface area contributed by atoms with E-state index in [1.807, 2.05) is 11.0 Å². The van der Waals surface area contributed by atoms with E-state index < -0.39 is 0 Å². The number of amides is 1. The number of hydrogen-bond donors (Lipinski definition) is 1. The molecule has 1 saturated heterocycles. The van der Waals surface area contributed by atoms with Crippen LogP contribution in [0.3, 0.4) is 0 Å². The van der Waals surface area contributed by atoms with E-state index in [4.69, 9.17) is 10.00 Å². The summed E-state index contributed by atoms with van der Waals surface area (Å²) in [7, 11) is 1.55. The molecule has 1 aliphatic rings. The molecule has 1 aliphatic heterocycles. The molecule has 140 valence electrons. The van der Waals surface area contributed by atoms with Crippen LogP contribution in [0.5, 0.6) is 0 Å². The maximum Gasteiger partial charge on any atom is 0.255 e. The van der Waals surface area contributed by atoms with Crippen molar-refractivity contribution >= 4 is 17.5 Å². The molecule has 2 aromatic rings. The first kappa shape index (κ1) is 18.6. The van der Waals surface area contributed by atoms with Crippen LogP contribution in [0.2, 0.25) is 0 Å². The fourth-order valence-electron chi connectivity index (χ4n) is 3.08. The minimum atomic E-state index is -0.353. The van der Waals surface area contributed by atoms with Crippen LogP contribution in [0.4, 0.5) is 11.6 Å². The molecule has 8 nitrogen and oxygen atoms in total. The number of carbonyl (C=O) groups excluding carboxylic acids is 1. The van der Waals surface area contributed by atoms with Crippen LogP contribution in [0.25, 0.3) is 0 Å². The van der Waals surface area contributed by atoms with Crippen molar-refractivity contribution in [3.05, 3.63) is 51.9 Å². The number of ether oxygens (including phenoxy) is 1. The van der Waals surface area contributed by atoms with Gasteiger partial charge in [-0.2, -0.15) is 5.26 Å². The lowest BCUT2D eigenvalue weighted by atomic mass is 10.2. The average molecular weight is 367 g/mol. The van der Waals surface area contributed by atoms with Crippen molar-refractivity contribution in [3.63, 3.8) is 0 Å². The highest BCUT2D eigenvalue weighted by molar-refractivity contribution is 5.90. The van der Waals surface area contributed by atoms with Crippen LogP contribution in [0, 0.1) is 11.3 Å². The van der Waals surface area contributed by atoms with E-state index in [1.54, 1.807) is 31.4 Å². The molecule has 27 heavy (non-hydrogen) atoms. The second-order valence-electron chi connectivity index (χ2n) is 6.34. The quantitative estimate of drug-likeness (QED) is 0.830. The minimum absolute atomic E-state index is 0.151. The number of benzene rings is 1. The maximum atomic E-state index is 12.6. The highest BCUT2D eigenvalue weighted by atomic mass is 16.5. The number of nitriles is 1. The fraction of sp³-hybridized carbons (Fsp3) is 0.368. The van der Waals surface area contributed by atoms with Crippen molar-refractivity contribution in [1.82, 2.24) is 9.55 Å². The molecule has 0 saturated carbocycles. The number of rotatable bonds is 6. The number of aromatic nitrogens is 2. The van der Waals surface area contributed by atoms with Crippen molar-refractivity contribution in [2.75, 3.05) is 30.4 Å². The lowest BCUT2D eigenvalue weighted by molar-refractivity contribution is -0.116. The zero-order valence-electron chi connectivity index (χ0n) is 15.1. The van der Waals surface area contributed by atoms with Crippen LogP contribution in [0.1, 0.15) is 24.1 Å². The Morgan fingerprint density at radius 2 is 2.11 bits per heavy atom. The Morgan fingerprint density at radius 1 is 1.33 bits per heavy atom. The summed E-state index contributed by atoms with van der Waals surface area (Å²) < 4.78 is 6.47. The van der Waals surface area contributed by atoms with Gasteiger partial charge in [-0.1, -0.05) is 6.07 Å². The molecule has 1 fully saturated rings. The van der Waals surface area contributed by atoms with Crippen LogP contribution >= 0.6 is 0 Å². The van der Waals surface area contributed by atoms with Gasteiger partial charge >= 0.3 is 0 Å². The van der Waals surface area contributed by atoms with Crippen LogP contribution < -0.4 is 15.8 Å². The van der Waals surface area contributed by atoms with Gasteiger partial charge in [-0.15, -0.1) is 0 Å². The van der Waals surface area contributed by atoms with Crippen molar-refractivity contribution in [2.45, 2.75) is 26.0 Å². The van der Waals surface area contributed by atoms with Gasteiger partial charge in [-0.05, 0) is 31.0 Å². The summed E-state index contributed by atoms with van der Waals surface area (Å²) in [6.07, 6.45) is 2.05. The van der Waals surface area contributed by atoms with Gasteiger partial charge in [0.1, 0.15) is 6.54 Å². The topological polar surface area (TPSA) is 100 Å². The van der Waals surface area contributed by atoms with Crippen molar-refractivity contribution in [1.29, 1.82) is 5.26 Å². The van der Waals surface area contributed by atoms with Crippen LogP contribution in [-0.4, -0.2) is 35.7 Å². The smallest absolute Gasteiger partial charge is 0.255 e. The Bertz CT molecular complexity index is 926. The number of nitrogens with zero attached hydrogens (tertiary/aromatic N) is 4. The van der Waals surface area contributed by atoms with Crippen molar-refractivity contribution in [2.24, 2.45) is 0 Å². The summed E-state index contributed by atoms with van der Waals surface area (Å²) in [5.41, 5.74) is 1.22. The van der Waals surface area contributed by atoms with E-state index in [1.165, 1.54) is 10.6 Å². The molecule has 0 unspecified atom stereocenters. The van der Waals surface area contributed by atoms with Gasteiger partial charge in [0.25, 0.3) is 5.56 Å². The lowest BCUT2D eigenvalue weighted by Gasteiger charge is -2.21. The number of carbonyl (C=O) groups is 1. The molecule has 1 amide bonds. The van der Waals surface area contributed by atoms with Gasteiger partial charge < -0.3 is 15.0 Å². The van der Waals surface area contributed by atoms with Gasteiger partial charge in [0, 0.05) is 32.0 Å². The molecule has 0 aliphatic carbocycles. The van der Waals surface area contributed by atoms with Gasteiger partial charge in [0.05, 0.1) is 23.9 Å². The van der Waals surface area contributed by atoms with E-state index in [2.05, 4.69) is 10.3 Å². The molecule has 0 radical (unpaired) electrons. The molecule has 2 heterocycles. The molecule has 1 N–H and O–H groups in total. The Labute approximate surface area is 157 Å². The summed E-state index contributed by atoms with van der Waals surface area (Å²) >= 11 is 0. The third-order valence-electron chi connectivity index (χ3n) is 4.30. The zero-order valence-corrected chi connectivity index (χ0v) is 15.1. The van der Waals surface area contributed by atoms with E-state index in [-0.39, 0.29) is 24.6 Å². The summed E-state index contributed by atoms with van der Waals surface area (Å²) in [5.74, 6) is 0.141. The molecular formula is C19H21N5O3. The van der Waals surface area contributed by atoms with E-state index in [0.717, 1.165) is 25.9 Å². The van der Waals surface area contributed by atoms with Crippen molar-refractivity contribution < 1.29 is 9.53 Å². The van der Waals surface area contributed by atoms with Gasteiger partial charge in [0.15, 0.2) is 0 Å². The van der Waals surface area contributed by atoms with Gasteiger partial charge in [-0.3, -0.25) is 14.2 Å². The van der Waals surface area contributed by atoms with Gasteiger partial charge in [-0.25, -0.2) is 4.98 Å². The van der Waals surface area contributed by atoms with Crippen molar-refractivity contribution in [3.8, 4) is 6.07 Å². The Hall–Kier alpha value is -3.18. The fourth-order valence-corrected chi connectivity index (χ4v) is 3.08. The first-order valence-electron chi connectivity index (χ1n) is 8.75. The van der Waals surface area contributed by atoms with Crippen LogP contribution in [-0.2, 0) is 22.7 Å². The molecular weight excluding hydrogens is 346 g/mol. The molecule has 1 aromatic carbocycles. The van der Waals surface area contributed by atoms with E-state index in [0.29, 0.717) is 22.9 Å². The minimum Gasteiger partial charge on any atom is -0.378 e. The highest BCUT2D eigenvalue weighted by Crippen LogP contribution is 2.18. The number of anilines is 2. The summed E-state index contributed by atoms with van der Waals surface area (Å²) in [6.45, 7) is 1.69. The molecule has 0 spiro atoms. The second-order valence-corrected chi connectivity index (χ2v) is 6.34. The SMILES string of the molecule is COCc1cc(=O)n(CC(=O)Nc2cccc(C#N)c2)c(N2CCCC2)n1. The number of nitrogens with one attached hydrogen (secondary N) is 1. The molecule has 3 rings (SSSR count). The van der Waals surface area contributed by atoms with Crippen LogP contribution in [0.15, 0.2) is 35.1 Å². The summed E-state index contributed by atoms with van der Waals surface area (Å²) in [6, 6.07) is 10.1. The standard InChI is InChI=1S/C19H21N5O3/c1-27-13-16-10-18(26)24(19(22-16)23-7-2-3-8-23)12-17(25)21-15-6-4-5-14(9-15)11-20/h4-6,9-10H,2-3,7-8,12-13H2,1H3,(H,21,25). The average Bonchev–Trinajstić information content (AvgIpc) is 3.18. The summed E-state index contributed by atoms with van der Waals surface area (Å²) in [4.78, 5) is 31.6. The highest BCUT2D eigenvalue weighted by Gasteiger charge is 2.20. The Balaban J connectivity index is 1.85. The predicted molar refractivity (Wildman–Crippen MR) is 100 cm³/mol. The third-order valence-corrected chi connectivity index (χ3v) is 4.30. The molecule has 0 bridgehead atoms.